The van der Waals surface area contributed by atoms with Gasteiger partial charge in [0.2, 0.25) is 0 Å². The average Bonchev–Trinajstić information content (AvgIpc) is 3.12. The van der Waals surface area contributed by atoms with Crippen molar-refractivity contribution < 1.29 is 0 Å². The highest BCUT2D eigenvalue weighted by Crippen LogP contribution is 2.58. The minimum Gasteiger partial charge on any atom is -0.356 e. The van der Waals surface area contributed by atoms with Crippen LogP contribution in [0.5, 0.6) is 0 Å². The summed E-state index contributed by atoms with van der Waals surface area (Å²) in [5, 5.41) is 3.55. The van der Waals surface area contributed by atoms with Crippen LogP contribution in [0.1, 0.15) is 31.2 Å². The molecule has 2 atom stereocenters. The summed E-state index contributed by atoms with van der Waals surface area (Å²) < 4.78 is 0. The smallest absolute Gasteiger partial charge is 0.193 e. The van der Waals surface area contributed by atoms with Crippen LogP contribution in [0.25, 0.3) is 0 Å². The van der Waals surface area contributed by atoms with Crippen LogP contribution in [-0.2, 0) is 0 Å². The first-order valence-corrected chi connectivity index (χ1v) is 7.23. The molecule has 1 aliphatic heterocycles. The zero-order valence-corrected chi connectivity index (χ0v) is 11.9. The summed E-state index contributed by atoms with van der Waals surface area (Å²) in [5.41, 5.74) is 1.87. The minimum absolute atomic E-state index is 0.391. The largest absolute Gasteiger partial charge is 0.356 e. The van der Waals surface area contributed by atoms with E-state index in [1.165, 1.54) is 18.4 Å². The number of guanidine groups is 1. The maximum Gasteiger partial charge on any atom is 0.193 e. The fraction of sp³-hybridized carbons (Fsp3) is 0.562. The Morgan fingerprint density at radius 1 is 1.37 bits per heavy atom. The number of nitrogens with zero attached hydrogens (tertiary/aromatic N) is 2. The number of hydrogen-bond acceptors (Lipinski definition) is 3. The molecule has 1 aromatic carbocycles. The van der Waals surface area contributed by atoms with E-state index in [0.717, 1.165) is 25.6 Å². The molecule has 0 bridgehead atoms. The van der Waals surface area contributed by atoms with Gasteiger partial charge >= 0.3 is 0 Å². The van der Waals surface area contributed by atoms with Crippen LogP contribution in [0.4, 0.5) is 0 Å². The minimum atomic E-state index is 0.391. The van der Waals surface area contributed by atoms with E-state index in [2.05, 4.69) is 59.5 Å². The third kappa shape index (κ3) is 2.60. The van der Waals surface area contributed by atoms with Gasteiger partial charge in [-0.2, -0.15) is 0 Å². The Morgan fingerprint density at radius 2 is 2.16 bits per heavy atom. The van der Waals surface area contributed by atoms with Crippen molar-refractivity contribution in [2.45, 2.75) is 25.7 Å². The highest BCUT2D eigenvalue weighted by molar-refractivity contribution is 5.80. The molecular weight excluding hydrogens is 234 g/mol. The summed E-state index contributed by atoms with van der Waals surface area (Å²) in [4.78, 5) is 6.80. The third-order valence-corrected chi connectivity index (χ3v) is 4.48. The molecule has 3 rings (SSSR count). The fourth-order valence-electron chi connectivity index (χ4n) is 3.00. The zero-order chi connectivity index (χ0) is 13.3. The van der Waals surface area contributed by atoms with Crippen LogP contribution in [0, 0.1) is 5.41 Å². The molecule has 0 aromatic heterocycles. The van der Waals surface area contributed by atoms with Crippen molar-refractivity contribution in [3.8, 4) is 0 Å². The molecule has 3 nitrogen and oxygen atoms in total. The lowest BCUT2D eigenvalue weighted by molar-refractivity contribution is 0.430. The molecule has 0 saturated heterocycles. The highest BCUT2D eigenvalue weighted by atomic mass is 15.3. The van der Waals surface area contributed by atoms with Crippen molar-refractivity contribution in [2.75, 3.05) is 26.7 Å². The Morgan fingerprint density at radius 3 is 2.89 bits per heavy atom. The van der Waals surface area contributed by atoms with Gasteiger partial charge in [0.1, 0.15) is 0 Å². The first-order chi connectivity index (χ1) is 9.19. The standard InChI is InChI=1S/C16H23N3/c1-16(11-14(16)13-7-4-3-5-8-13)12-18-15-17-9-6-10-19(15)2/h3-5,7-8,14H,6,9-12H2,1-2H3,(H,17,18)/t14-,16-/m0/s1. The summed E-state index contributed by atoms with van der Waals surface area (Å²) in [6, 6.07) is 10.9. The second-order valence-corrected chi connectivity index (χ2v) is 6.16. The molecule has 1 aliphatic carbocycles. The van der Waals surface area contributed by atoms with E-state index in [9.17, 15) is 0 Å². The lowest BCUT2D eigenvalue weighted by Crippen LogP contribution is -2.44. The lowest BCUT2D eigenvalue weighted by atomic mass is 10.0. The maximum absolute atomic E-state index is 4.57. The first-order valence-electron chi connectivity index (χ1n) is 7.23. The summed E-state index contributed by atoms with van der Waals surface area (Å²) >= 11 is 0. The van der Waals surface area contributed by atoms with Gasteiger partial charge in [0.05, 0.1) is 0 Å². The van der Waals surface area contributed by atoms with Crippen LogP contribution in [0.3, 0.4) is 0 Å². The van der Waals surface area contributed by atoms with Gasteiger partial charge in [0.15, 0.2) is 5.96 Å². The molecule has 19 heavy (non-hydrogen) atoms. The van der Waals surface area contributed by atoms with Gasteiger partial charge in [0.25, 0.3) is 0 Å². The average molecular weight is 257 g/mol. The van der Waals surface area contributed by atoms with Crippen molar-refractivity contribution in [3.05, 3.63) is 35.9 Å². The van der Waals surface area contributed by atoms with E-state index in [0.29, 0.717) is 11.3 Å². The summed E-state index contributed by atoms with van der Waals surface area (Å²) in [7, 11) is 2.12. The fourth-order valence-corrected chi connectivity index (χ4v) is 3.00. The number of aliphatic imine (C=N–C) groups is 1. The summed E-state index contributed by atoms with van der Waals surface area (Å²) in [6.07, 6.45) is 2.45. The van der Waals surface area contributed by atoms with Gasteiger partial charge in [-0.05, 0) is 29.7 Å². The number of rotatable bonds is 3. The molecule has 1 N–H and O–H groups in total. The van der Waals surface area contributed by atoms with E-state index in [1.54, 1.807) is 0 Å². The Hall–Kier alpha value is -1.51. The zero-order valence-electron chi connectivity index (χ0n) is 11.9. The quantitative estimate of drug-likeness (QED) is 0.901. The Labute approximate surface area is 115 Å². The number of nitrogens with one attached hydrogen (secondary N) is 1. The van der Waals surface area contributed by atoms with Gasteiger partial charge in [-0.3, -0.25) is 4.99 Å². The predicted molar refractivity (Wildman–Crippen MR) is 79.5 cm³/mol. The van der Waals surface area contributed by atoms with E-state index in [1.807, 2.05) is 0 Å². The normalized spacial score (nSPS) is 29.9. The molecular formula is C16H23N3. The molecule has 1 heterocycles. The van der Waals surface area contributed by atoms with Crippen LogP contribution in [0.15, 0.2) is 35.3 Å². The van der Waals surface area contributed by atoms with Crippen LogP contribution >= 0.6 is 0 Å². The van der Waals surface area contributed by atoms with Gasteiger partial charge in [-0.1, -0.05) is 37.3 Å². The SMILES string of the molecule is CN1CCCN=C1NC[C@]1(C)C[C@H]1c1ccccc1. The molecule has 0 unspecified atom stereocenters. The Kier molecular flexibility index (Phi) is 3.21. The molecule has 0 spiro atoms. The predicted octanol–water partition coefficient (Wildman–Crippen LogP) is 2.46. The number of hydrogen-bond donors (Lipinski definition) is 1. The molecule has 1 saturated carbocycles. The molecule has 2 aliphatic rings. The van der Waals surface area contributed by atoms with Crippen molar-refractivity contribution in [2.24, 2.45) is 10.4 Å². The molecule has 0 amide bonds. The molecule has 102 valence electrons. The van der Waals surface area contributed by atoms with Crippen LogP contribution in [0.2, 0.25) is 0 Å². The Bertz CT molecular complexity index is 468. The number of benzene rings is 1. The topological polar surface area (TPSA) is 27.6 Å². The summed E-state index contributed by atoms with van der Waals surface area (Å²) in [5.74, 6) is 1.78. The second kappa shape index (κ2) is 4.87. The lowest BCUT2D eigenvalue weighted by Gasteiger charge is -2.27. The molecule has 0 radical (unpaired) electrons. The Balaban J connectivity index is 1.58. The highest BCUT2D eigenvalue weighted by Gasteiger charge is 2.50. The first kappa shape index (κ1) is 12.5. The van der Waals surface area contributed by atoms with Crippen molar-refractivity contribution >= 4 is 5.96 Å². The van der Waals surface area contributed by atoms with Crippen LogP contribution < -0.4 is 5.32 Å². The van der Waals surface area contributed by atoms with E-state index in [4.69, 9.17) is 0 Å². The maximum atomic E-state index is 4.57. The van der Waals surface area contributed by atoms with E-state index in [-0.39, 0.29) is 0 Å². The van der Waals surface area contributed by atoms with Crippen molar-refractivity contribution in [3.63, 3.8) is 0 Å². The second-order valence-electron chi connectivity index (χ2n) is 6.16. The van der Waals surface area contributed by atoms with Gasteiger partial charge in [-0.25, -0.2) is 0 Å². The monoisotopic (exact) mass is 257 g/mol. The van der Waals surface area contributed by atoms with Crippen molar-refractivity contribution in [1.29, 1.82) is 0 Å². The molecule has 3 heteroatoms. The van der Waals surface area contributed by atoms with E-state index >= 15 is 0 Å². The van der Waals surface area contributed by atoms with Crippen LogP contribution in [-0.4, -0.2) is 37.5 Å². The van der Waals surface area contributed by atoms with Gasteiger partial charge < -0.3 is 10.2 Å². The van der Waals surface area contributed by atoms with Gasteiger partial charge in [-0.15, -0.1) is 0 Å². The van der Waals surface area contributed by atoms with E-state index < -0.39 is 0 Å². The van der Waals surface area contributed by atoms with Gasteiger partial charge in [0, 0.05) is 26.7 Å². The molecule has 1 aromatic rings. The third-order valence-electron chi connectivity index (χ3n) is 4.48. The summed E-state index contributed by atoms with van der Waals surface area (Å²) in [6.45, 7) is 5.48. The molecule has 1 fully saturated rings. The van der Waals surface area contributed by atoms with Crippen molar-refractivity contribution in [1.82, 2.24) is 10.2 Å².